The maximum atomic E-state index is 13.8. The molecule has 0 aliphatic heterocycles. The number of aromatic nitrogens is 2. The van der Waals surface area contributed by atoms with Gasteiger partial charge in [-0.1, -0.05) is 6.07 Å². The summed E-state index contributed by atoms with van der Waals surface area (Å²) in [7, 11) is 0. The highest BCUT2D eigenvalue weighted by molar-refractivity contribution is 6.06. The van der Waals surface area contributed by atoms with Gasteiger partial charge >= 0.3 is 0 Å². The molecule has 2 heterocycles. The van der Waals surface area contributed by atoms with E-state index in [1.165, 1.54) is 4.40 Å². The number of carbonyl (C=O) groups excluding carboxylic acids is 2. The molecule has 3 aromatic rings. The van der Waals surface area contributed by atoms with Gasteiger partial charge < -0.3 is 10.6 Å². The van der Waals surface area contributed by atoms with Gasteiger partial charge in [-0.05, 0) is 45.0 Å². The summed E-state index contributed by atoms with van der Waals surface area (Å²) in [6.07, 6.45) is 1.58. The van der Waals surface area contributed by atoms with Crippen molar-refractivity contribution in [1.82, 2.24) is 14.7 Å². The summed E-state index contributed by atoms with van der Waals surface area (Å²) in [4.78, 5) is 29.3. The molecule has 8 heteroatoms. The van der Waals surface area contributed by atoms with Crippen molar-refractivity contribution in [2.45, 2.75) is 26.3 Å². The Labute approximate surface area is 154 Å². The number of halogens is 2. The molecule has 3 rings (SSSR count). The van der Waals surface area contributed by atoms with E-state index in [0.29, 0.717) is 11.6 Å². The van der Waals surface area contributed by atoms with Crippen LogP contribution in [-0.2, 0) is 0 Å². The van der Waals surface area contributed by atoms with Crippen molar-refractivity contribution in [2.75, 3.05) is 5.32 Å². The molecule has 0 aliphatic carbocycles. The summed E-state index contributed by atoms with van der Waals surface area (Å²) in [5, 5.41) is 5.15. The lowest BCUT2D eigenvalue weighted by Gasteiger charge is -2.19. The number of carbonyl (C=O) groups is 2. The molecule has 1 aromatic carbocycles. The second-order valence-corrected chi connectivity index (χ2v) is 7.02. The minimum Gasteiger partial charge on any atom is -0.346 e. The van der Waals surface area contributed by atoms with E-state index >= 15 is 0 Å². The van der Waals surface area contributed by atoms with Crippen LogP contribution in [0.1, 0.15) is 41.9 Å². The average Bonchev–Trinajstić information content (AvgIpc) is 2.96. The first kappa shape index (κ1) is 18.5. The van der Waals surface area contributed by atoms with Gasteiger partial charge in [0, 0.05) is 17.8 Å². The van der Waals surface area contributed by atoms with E-state index in [-0.39, 0.29) is 17.2 Å². The van der Waals surface area contributed by atoms with Gasteiger partial charge in [-0.2, -0.15) is 0 Å². The largest absolute Gasteiger partial charge is 0.346 e. The minimum absolute atomic E-state index is 0.0789. The highest BCUT2D eigenvalue weighted by atomic mass is 19.1. The number of hydrogen-bond donors (Lipinski definition) is 2. The lowest BCUT2D eigenvalue weighted by molar-refractivity contribution is 0.0916. The molecule has 27 heavy (non-hydrogen) atoms. The average molecular weight is 372 g/mol. The van der Waals surface area contributed by atoms with Crippen LogP contribution in [0.25, 0.3) is 5.52 Å². The topological polar surface area (TPSA) is 75.5 Å². The zero-order valence-corrected chi connectivity index (χ0v) is 15.0. The van der Waals surface area contributed by atoms with E-state index < -0.39 is 29.0 Å². The number of nitrogens with one attached hydrogen (secondary N) is 2. The highest BCUT2D eigenvalue weighted by Crippen LogP contribution is 2.18. The number of anilines is 1. The lowest BCUT2D eigenvalue weighted by Crippen LogP contribution is -2.40. The van der Waals surface area contributed by atoms with Crippen molar-refractivity contribution in [2.24, 2.45) is 0 Å². The normalized spacial score (nSPS) is 11.4. The van der Waals surface area contributed by atoms with Crippen LogP contribution >= 0.6 is 0 Å². The molecule has 2 aromatic heterocycles. The Balaban J connectivity index is 1.99. The fourth-order valence-electron chi connectivity index (χ4n) is 2.53. The van der Waals surface area contributed by atoms with E-state index in [1.54, 1.807) is 24.4 Å². The zero-order chi connectivity index (χ0) is 19.8. The maximum absolute atomic E-state index is 13.8. The summed E-state index contributed by atoms with van der Waals surface area (Å²) < 4.78 is 28.3. The van der Waals surface area contributed by atoms with Crippen molar-refractivity contribution in [3.63, 3.8) is 0 Å². The lowest BCUT2D eigenvalue weighted by atomic mass is 10.1. The number of pyridine rings is 1. The summed E-state index contributed by atoms with van der Waals surface area (Å²) in [5.41, 5.74) is -0.157. The number of amides is 2. The molecule has 140 valence electrons. The minimum atomic E-state index is -0.907. The van der Waals surface area contributed by atoms with Gasteiger partial charge in [0.2, 0.25) is 5.82 Å². The second kappa shape index (κ2) is 6.79. The maximum Gasteiger partial charge on any atom is 0.292 e. The SMILES string of the molecule is CC(C)(C)NC(=O)c1nc(C(=O)Nc2ccc(F)cc2F)n2ccccc12. The molecule has 0 unspecified atom stereocenters. The van der Waals surface area contributed by atoms with Crippen molar-refractivity contribution >= 4 is 23.0 Å². The van der Waals surface area contributed by atoms with Gasteiger partial charge in [-0.15, -0.1) is 0 Å². The van der Waals surface area contributed by atoms with Crippen LogP contribution in [0.4, 0.5) is 14.5 Å². The number of hydrogen-bond acceptors (Lipinski definition) is 3. The Hall–Kier alpha value is -3.29. The summed E-state index contributed by atoms with van der Waals surface area (Å²) in [5.74, 6) is -2.91. The number of fused-ring (bicyclic) bond motifs is 1. The monoisotopic (exact) mass is 372 g/mol. The molecule has 0 saturated carbocycles. The van der Waals surface area contributed by atoms with Crippen LogP contribution in [0.15, 0.2) is 42.6 Å². The molecule has 0 radical (unpaired) electrons. The number of imidazole rings is 1. The molecule has 6 nitrogen and oxygen atoms in total. The standard InChI is InChI=1S/C19H18F2N4O2/c1-19(2,3)24-17(26)15-14-6-4-5-9-25(14)16(23-15)18(27)22-13-8-7-11(20)10-12(13)21/h4-10H,1-3H3,(H,22,27)(H,24,26). The van der Waals surface area contributed by atoms with Crippen LogP contribution in [0.3, 0.4) is 0 Å². The van der Waals surface area contributed by atoms with Gasteiger partial charge in [0.05, 0.1) is 11.2 Å². The van der Waals surface area contributed by atoms with Gasteiger partial charge in [-0.3, -0.25) is 14.0 Å². The number of rotatable bonds is 3. The predicted octanol–water partition coefficient (Wildman–Crippen LogP) is 3.39. The Morgan fingerprint density at radius 3 is 2.48 bits per heavy atom. The van der Waals surface area contributed by atoms with Gasteiger partial charge in [-0.25, -0.2) is 13.8 Å². The fraction of sp³-hybridized carbons (Fsp3) is 0.211. The number of benzene rings is 1. The van der Waals surface area contributed by atoms with Crippen LogP contribution in [0, 0.1) is 11.6 Å². The van der Waals surface area contributed by atoms with E-state index in [1.807, 2.05) is 20.8 Å². The van der Waals surface area contributed by atoms with Crippen molar-refractivity contribution in [3.8, 4) is 0 Å². The summed E-state index contributed by atoms with van der Waals surface area (Å²) in [6, 6.07) is 7.86. The molecule has 0 spiro atoms. The molecule has 0 fully saturated rings. The van der Waals surface area contributed by atoms with Crippen LogP contribution in [0.2, 0.25) is 0 Å². The van der Waals surface area contributed by atoms with Crippen molar-refractivity contribution < 1.29 is 18.4 Å². The Bertz CT molecular complexity index is 1040. The Morgan fingerprint density at radius 2 is 1.81 bits per heavy atom. The summed E-state index contributed by atoms with van der Waals surface area (Å²) in [6.45, 7) is 5.48. The third-order valence-corrected chi connectivity index (χ3v) is 3.63. The predicted molar refractivity (Wildman–Crippen MR) is 96.7 cm³/mol. The third-order valence-electron chi connectivity index (χ3n) is 3.63. The van der Waals surface area contributed by atoms with Crippen molar-refractivity contribution in [3.05, 3.63) is 65.7 Å². The first-order valence-electron chi connectivity index (χ1n) is 8.22. The first-order valence-corrected chi connectivity index (χ1v) is 8.22. The Morgan fingerprint density at radius 1 is 1.07 bits per heavy atom. The van der Waals surface area contributed by atoms with Crippen LogP contribution in [-0.4, -0.2) is 26.7 Å². The molecule has 0 bridgehead atoms. The molecule has 0 atom stereocenters. The van der Waals surface area contributed by atoms with Crippen molar-refractivity contribution in [1.29, 1.82) is 0 Å². The van der Waals surface area contributed by atoms with E-state index in [4.69, 9.17) is 0 Å². The van der Waals surface area contributed by atoms with Gasteiger partial charge in [0.1, 0.15) is 11.6 Å². The molecule has 2 amide bonds. The fourth-order valence-corrected chi connectivity index (χ4v) is 2.53. The quantitative estimate of drug-likeness (QED) is 0.740. The van der Waals surface area contributed by atoms with Crippen LogP contribution in [0.5, 0.6) is 0 Å². The molecule has 2 N–H and O–H groups in total. The van der Waals surface area contributed by atoms with E-state index in [0.717, 1.165) is 12.1 Å². The molecular weight excluding hydrogens is 354 g/mol. The first-order chi connectivity index (χ1) is 12.7. The van der Waals surface area contributed by atoms with Gasteiger partial charge in [0.15, 0.2) is 5.69 Å². The molecule has 0 aliphatic rings. The summed E-state index contributed by atoms with van der Waals surface area (Å²) >= 11 is 0. The third kappa shape index (κ3) is 3.94. The molecular formula is C19H18F2N4O2. The highest BCUT2D eigenvalue weighted by Gasteiger charge is 2.24. The number of nitrogens with zero attached hydrogens (tertiary/aromatic N) is 2. The van der Waals surface area contributed by atoms with E-state index in [2.05, 4.69) is 15.6 Å². The Kier molecular flexibility index (Phi) is 4.65. The van der Waals surface area contributed by atoms with Crippen LogP contribution < -0.4 is 10.6 Å². The zero-order valence-electron chi connectivity index (χ0n) is 15.0. The van der Waals surface area contributed by atoms with Gasteiger partial charge in [0.25, 0.3) is 11.8 Å². The molecule has 0 saturated heterocycles. The second-order valence-electron chi connectivity index (χ2n) is 7.02. The smallest absolute Gasteiger partial charge is 0.292 e. The van der Waals surface area contributed by atoms with E-state index in [9.17, 15) is 18.4 Å².